The monoisotopic (exact) mass is 489 g/mol. The lowest BCUT2D eigenvalue weighted by Gasteiger charge is -2.29. The number of amides is 4. The summed E-state index contributed by atoms with van der Waals surface area (Å²) in [6.07, 6.45) is 4.25. The number of aryl methyl sites for hydroxylation is 1. The number of fused-ring (bicyclic) bond motifs is 2. The van der Waals surface area contributed by atoms with Crippen molar-refractivity contribution < 1.29 is 19.2 Å². The summed E-state index contributed by atoms with van der Waals surface area (Å²) in [6, 6.07) is 4.46. The highest BCUT2D eigenvalue weighted by atomic mass is 16.2. The third kappa shape index (κ3) is 3.72. The molecule has 2 atom stereocenters. The van der Waals surface area contributed by atoms with Crippen molar-refractivity contribution in [3.05, 3.63) is 52.6 Å². The molecule has 184 valence electrons. The van der Waals surface area contributed by atoms with Crippen LogP contribution in [0, 0.1) is 0 Å². The zero-order chi connectivity index (χ0) is 25.0. The number of carbonyl (C=O) groups is 4. The van der Waals surface area contributed by atoms with Gasteiger partial charge in [0.1, 0.15) is 6.04 Å². The van der Waals surface area contributed by atoms with Crippen molar-refractivity contribution in [2.24, 2.45) is 7.05 Å². The highest BCUT2D eigenvalue weighted by Crippen LogP contribution is 2.29. The van der Waals surface area contributed by atoms with Gasteiger partial charge in [-0.05, 0) is 43.0 Å². The first-order valence-corrected chi connectivity index (χ1v) is 11.8. The van der Waals surface area contributed by atoms with Crippen LogP contribution >= 0.6 is 0 Å². The normalized spacial score (nSPS) is 21.2. The van der Waals surface area contributed by atoms with Gasteiger partial charge in [0.15, 0.2) is 5.69 Å². The van der Waals surface area contributed by atoms with Crippen LogP contribution in [-0.4, -0.2) is 70.6 Å². The van der Waals surface area contributed by atoms with Crippen LogP contribution in [-0.2, 0) is 36.0 Å². The Morgan fingerprint density at radius 1 is 1.11 bits per heavy atom. The van der Waals surface area contributed by atoms with Gasteiger partial charge in [-0.1, -0.05) is 10.4 Å². The van der Waals surface area contributed by atoms with E-state index in [-0.39, 0.29) is 42.4 Å². The summed E-state index contributed by atoms with van der Waals surface area (Å²) in [5, 5.41) is 21.6. The molecular formula is C23H23N9O4. The highest BCUT2D eigenvalue weighted by Gasteiger charge is 2.39. The predicted octanol–water partition coefficient (Wildman–Crippen LogP) is -0.556. The van der Waals surface area contributed by atoms with E-state index < -0.39 is 11.9 Å². The first-order valence-electron chi connectivity index (χ1n) is 11.8. The molecule has 3 aromatic rings. The van der Waals surface area contributed by atoms with E-state index >= 15 is 0 Å². The number of aromatic nitrogens is 6. The Hall–Kier alpha value is -4.42. The maximum absolute atomic E-state index is 12.9. The molecule has 2 aliphatic heterocycles. The molecule has 1 aliphatic carbocycles. The van der Waals surface area contributed by atoms with Crippen LogP contribution < -0.4 is 10.6 Å². The zero-order valence-corrected chi connectivity index (χ0v) is 19.5. The van der Waals surface area contributed by atoms with Crippen LogP contribution in [0.15, 0.2) is 24.4 Å². The molecule has 2 N–H and O–H groups in total. The Bertz CT molecular complexity index is 1420. The fourth-order valence-electron chi connectivity index (χ4n) is 5.11. The molecular weight excluding hydrogens is 466 g/mol. The molecule has 1 fully saturated rings. The number of rotatable bonds is 4. The van der Waals surface area contributed by atoms with Crippen LogP contribution in [0.25, 0.3) is 5.69 Å². The van der Waals surface area contributed by atoms with Crippen LogP contribution in [0.3, 0.4) is 0 Å². The fourth-order valence-corrected chi connectivity index (χ4v) is 5.11. The number of piperidine rings is 1. The van der Waals surface area contributed by atoms with Gasteiger partial charge < -0.3 is 10.2 Å². The summed E-state index contributed by atoms with van der Waals surface area (Å²) in [5.74, 6) is -1.34. The molecule has 3 aliphatic rings. The summed E-state index contributed by atoms with van der Waals surface area (Å²) in [4.78, 5) is 50.9. The second kappa shape index (κ2) is 8.36. The summed E-state index contributed by atoms with van der Waals surface area (Å²) < 4.78 is 3.25. The standard InChI is InChI=1S/C23H23N9O4/c1-30-18-5-2-13(9-16(18)26-28-30)24-21(34)17-11-32(29-27-17)14-3-4-15-12(8-14)10-31(23(15)36)19-6-7-20(33)25-22(19)35/h3-4,8,11,13,19H,2,5-7,9-10H2,1H3,(H,24,34)(H,25,33,35). The minimum Gasteiger partial charge on any atom is -0.347 e. The predicted molar refractivity (Wildman–Crippen MR) is 122 cm³/mol. The van der Waals surface area contributed by atoms with E-state index in [4.69, 9.17) is 0 Å². The summed E-state index contributed by atoms with van der Waals surface area (Å²) >= 11 is 0. The molecule has 13 heteroatoms. The molecule has 0 spiro atoms. The third-order valence-corrected chi connectivity index (χ3v) is 7.03. The minimum atomic E-state index is -0.676. The van der Waals surface area contributed by atoms with Crippen LogP contribution in [0.4, 0.5) is 0 Å². The molecule has 2 aromatic heterocycles. The quantitative estimate of drug-likeness (QED) is 0.462. The number of imide groups is 1. The van der Waals surface area contributed by atoms with E-state index in [0.717, 1.165) is 29.8 Å². The third-order valence-electron chi connectivity index (χ3n) is 7.03. The Labute approximate surface area is 204 Å². The average Bonchev–Trinajstić information content (AvgIpc) is 3.57. The summed E-state index contributed by atoms with van der Waals surface area (Å²) in [5.41, 5.74) is 4.06. The lowest BCUT2D eigenvalue weighted by Crippen LogP contribution is -2.52. The van der Waals surface area contributed by atoms with Gasteiger partial charge in [0.2, 0.25) is 11.8 Å². The Kier molecular flexibility index (Phi) is 5.12. The highest BCUT2D eigenvalue weighted by molar-refractivity contribution is 6.05. The van der Waals surface area contributed by atoms with Crippen molar-refractivity contribution in [3.63, 3.8) is 0 Å². The van der Waals surface area contributed by atoms with E-state index in [2.05, 4.69) is 31.3 Å². The van der Waals surface area contributed by atoms with Crippen molar-refractivity contribution in [1.29, 1.82) is 0 Å². The Balaban J connectivity index is 1.15. The first-order chi connectivity index (χ1) is 17.4. The maximum atomic E-state index is 12.9. The molecule has 36 heavy (non-hydrogen) atoms. The first kappa shape index (κ1) is 22.1. The number of benzene rings is 1. The van der Waals surface area contributed by atoms with E-state index in [1.165, 1.54) is 9.58 Å². The number of hydrogen-bond acceptors (Lipinski definition) is 8. The Morgan fingerprint density at radius 3 is 2.81 bits per heavy atom. The molecule has 13 nitrogen and oxygen atoms in total. The smallest absolute Gasteiger partial charge is 0.273 e. The number of hydrogen-bond donors (Lipinski definition) is 2. The van der Waals surface area contributed by atoms with E-state index in [0.29, 0.717) is 24.1 Å². The van der Waals surface area contributed by atoms with Gasteiger partial charge >= 0.3 is 0 Å². The maximum Gasteiger partial charge on any atom is 0.273 e. The van der Waals surface area contributed by atoms with E-state index in [1.807, 2.05) is 7.05 Å². The second-order valence-electron chi connectivity index (χ2n) is 9.31. The topological polar surface area (TPSA) is 157 Å². The van der Waals surface area contributed by atoms with Gasteiger partial charge in [-0.15, -0.1) is 10.2 Å². The molecule has 1 aromatic carbocycles. The summed E-state index contributed by atoms with van der Waals surface area (Å²) in [7, 11) is 1.87. The van der Waals surface area contributed by atoms with Gasteiger partial charge in [-0.3, -0.25) is 29.2 Å². The largest absolute Gasteiger partial charge is 0.347 e. The van der Waals surface area contributed by atoms with Crippen molar-refractivity contribution in [2.75, 3.05) is 0 Å². The molecule has 2 unspecified atom stereocenters. The number of carbonyl (C=O) groups excluding carboxylic acids is 4. The van der Waals surface area contributed by atoms with Gasteiger partial charge in [-0.2, -0.15) is 0 Å². The second-order valence-corrected chi connectivity index (χ2v) is 9.31. The lowest BCUT2D eigenvalue weighted by atomic mass is 9.96. The van der Waals surface area contributed by atoms with E-state index in [9.17, 15) is 19.2 Å². The van der Waals surface area contributed by atoms with Gasteiger partial charge in [0, 0.05) is 38.0 Å². The SMILES string of the molecule is Cn1nnc2c1CCC(NC(=O)c1cn(-c3ccc4c(c3)CN(C3CCC(=O)NC3=O)C4=O)nn1)C2. The van der Waals surface area contributed by atoms with Gasteiger partial charge in [0.25, 0.3) is 11.8 Å². The van der Waals surface area contributed by atoms with Crippen molar-refractivity contribution in [2.45, 2.75) is 50.7 Å². The molecule has 4 amide bonds. The molecule has 6 rings (SSSR count). The van der Waals surface area contributed by atoms with Crippen molar-refractivity contribution in [1.82, 2.24) is 45.5 Å². The minimum absolute atomic E-state index is 0.0591. The molecule has 1 saturated heterocycles. The molecule has 0 saturated carbocycles. The van der Waals surface area contributed by atoms with Crippen molar-refractivity contribution in [3.8, 4) is 5.69 Å². The van der Waals surface area contributed by atoms with Crippen LogP contribution in [0.1, 0.15) is 57.1 Å². The molecule has 4 heterocycles. The van der Waals surface area contributed by atoms with E-state index in [1.54, 1.807) is 29.1 Å². The molecule has 0 radical (unpaired) electrons. The lowest BCUT2D eigenvalue weighted by molar-refractivity contribution is -0.136. The van der Waals surface area contributed by atoms with Crippen LogP contribution in [0.2, 0.25) is 0 Å². The van der Waals surface area contributed by atoms with Crippen LogP contribution in [0.5, 0.6) is 0 Å². The average molecular weight is 489 g/mol. The fraction of sp³-hybridized carbons (Fsp3) is 0.391. The van der Waals surface area contributed by atoms with Crippen molar-refractivity contribution >= 4 is 23.6 Å². The summed E-state index contributed by atoms with van der Waals surface area (Å²) in [6.45, 7) is 0.252. The Morgan fingerprint density at radius 2 is 1.97 bits per heavy atom. The molecule has 0 bridgehead atoms. The zero-order valence-electron chi connectivity index (χ0n) is 19.5. The van der Waals surface area contributed by atoms with Gasteiger partial charge in [-0.25, -0.2) is 4.68 Å². The number of nitrogens with one attached hydrogen (secondary N) is 2. The van der Waals surface area contributed by atoms with Gasteiger partial charge in [0.05, 0.1) is 23.3 Å². The number of nitrogens with zero attached hydrogens (tertiary/aromatic N) is 7.